The molecule has 1 aliphatic carbocycles. The predicted molar refractivity (Wildman–Crippen MR) is 137 cm³/mol. The van der Waals surface area contributed by atoms with Crippen LogP contribution in [-0.2, 0) is 4.74 Å². The highest BCUT2D eigenvalue weighted by Gasteiger charge is 2.31. The number of pyridine rings is 1. The molecular formula is C28H25F2N7O2. The van der Waals surface area contributed by atoms with Gasteiger partial charge >= 0.3 is 0 Å². The van der Waals surface area contributed by atoms with Gasteiger partial charge in [0.05, 0.1) is 35.3 Å². The first-order chi connectivity index (χ1) is 18.9. The van der Waals surface area contributed by atoms with Crippen molar-refractivity contribution < 1.29 is 18.0 Å². The average Bonchev–Trinajstić information content (AvgIpc) is 3.49. The van der Waals surface area contributed by atoms with Crippen molar-refractivity contribution in [3.63, 3.8) is 0 Å². The van der Waals surface area contributed by atoms with Gasteiger partial charge in [-0.2, -0.15) is 10.1 Å². The van der Waals surface area contributed by atoms with Crippen molar-refractivity contribution in [1.29, 1.82) is 0 Å². The van der Waals surface area contributed by atoms with E-state index in [2.05, 4.69) is 21.4 Å². The van der Waals surface area contributed by atoms with Crippen LogP contribution in [0.4, 0.5) is 8.78 Å². The summed E-state index contributed by atoms with van der Waals surface area (Å²) in [4.78, 5) is 18.8. The molecule has 0 N–H and O–H groups in total. The highest BCUT2D eigenvalue weighted by molar-refractivity contribution is 5.93. The van der Waals surface area contributed by atoms with E-state index in [9.17, 15) is 4.39 Å². The summed E-state index contributed by atoms with van der Waals surface area (Å²) in [6, 6.07) is 5.75. The van der Waals surface area contributed by atoms with Crippen molar-refractivity contribution in [2.24, 2.45) is 0 Å². The topological polar surface area (TPSA) is 105 Å². The Morgan fingerprint density at radius 2 is 1.85 bits per heavy atom. The fourth-order valence-corrected chi connectivity index (χ4v) is 5.17. The van der Waals surface area contributed by atoms with E-state index >= 15 is 4.39 Å². The molecule has 2 aliphatic rings. The Kier molecular flexibility index (Phi) is 5.69. The molecule has 1 saturated carbocycles. The van der Waals surface area contributed by atoms with Crippen LogP contribution < -0.4 is 0 Å². The minimum absolute atomic E-state index is 0.0416. The van der Waals surface area contributed by atoms with Crippen molar-refractivity contribution in [2.75, 3.05) is 6.61 Å². The monoisotopic (exact) mass is 529 g/mol. The fourth-order valence-electron chi connectivity index (χ4n) is 5.17. The summed E-state index contributed by atoms with van der Waals surface area (Å²) in [5.41, 5.74) is 3.19. The van der Waals surface area contributed by atoms with E-state index < -0.39 is 11.6 Å². The quantitative estimate of drug-likeness (QED) is 0.281. The summed E-state index contributed by atoms with van der Waals surface area (Å²) < 4.78 is 42.4. The second-order valence-electron chi connectivity index (χ2n) is 10.3. The van der Waals surface area contributed by atoms with Crippen LogP contribution in [-0.4, -0.2) is 41.5 Å². The van der Waals surface area contributed by atoms with Crippen LogP contribution >= 0.6 is 0 Å². The fraction of sp³-hybridized carbons (Fsp3) is 0.357. The Balaban J connectivity index is 1.33. The minimum atomic E-state index is -0.714. The number of halogens is 2. The maximum absolute atomic E-state index is 15.1. The van der Waals surface area contributed by atoms with Crippen molar-refractivity contribution >= 4 is 11.0 Å². The first-order valence-corrected chi connectivity index (χ1v) is 13.0. The smallest absolute Gasteiger partial charge is 0.259 e. The van der Waals surface area contributed by atoms with Gasteiger partial charge in [0.15, 0.2) is 11.5 Å². The first kappa shape index (κ1) is 24.0. The van der Waals surface area contributed by atoms with Gasteiger partial charge in [0.25, 0.3) is 5.89 Å². The maximum atomic E-state index is 15.1. The Bertz CT molecular complexity index is 1710. The standard InChI is InChI=1S/C28H25F2N7O2/c1-14-21(28-33-15(2)36-39-28)11-22-25(20-6-3-18(29)10-23(20)30)34-26(35-27(22)32-14)16-7-8-38-24(9-16)17-12-31-37(13-17)19-4-5-19/h3,6,10-13,16,19,24H,4-5,7-9H2,1-2H3/t16-,24+/m0/s1. The van der Waals surface area contributed by atoms with Gasteiger partial charge in [-0.25, -0.2) is 23.7 Å². The highest BCUT2D eigenvalue weighted by atomic mass is 19.1. The summed E-state index contributed by atoms with van der Waals surface area (Å²) in [5.74, 6) is -0.0815. The zero-order valence-corrected chi connectivity index (χ0v) is 21.4. The van der Waals surface area contributed by atoms with Gasteiger partial charge < -0.3 is 9.26 Å². The Morgan fingerprint density at radius 1 is 0.974 bits per heavy atom. The number of rotatable bonds is 5. The van der Waals surface area contributed by atoms with Crippen molar-refractivity contribution in [3.8, 4) is 22.7 Å². The molecule has 198 valence electrons. The Labute approximate surface area is 222 Å². The lowest BCUT2D eigenvalue weighted by atomic mass is 9.92. The van der Waals surface area contributed by atoms with Crippen LogP contribution in [0.1, 0.15) is 66.7 Å². The van der Waals surface area contributed by atoms with Gasteiger partial charge in [-0.1, -0.05) is 5.16 Å². The number of nitrogens with zero attached hydrogens (tertiary/aromatic N) is 7. The van der Waals surface area contributed by atoms with Crippen molar-refractivity contribution in [2.45, 2.75) is 57.6 Å². The summed E-state index contributed by atoms with van der Waals surface area (Å²) in [7, 11) is 0. The molecule has 1 aliphatic heterocycles. The van der Waals surface area contributed by atoms with E-state index in [0.717, 1.165) is 24.5 Å². The van der Waals surface area contributed by atoms with E-state index in [4.69, 9.17) is 24.2 Å². The third-order valence-electron chi connectivity index (χ3n) is 7.40. The Hall–Kier alpha value is -4.12. The number of hydrogen-bond donors (Lipinski definition) is 0. The van der Waals surface area contributed by atoms with Gasteiger partial charge in [-0.05, 0) is 57.7 Å². The van der Waals surface area contributed by atoms with Crippen molar-refractivity contribution in [1.82, 2.24) is 34.9 Å². The number of hydrogen-bond acceptors (Lipinski definition) is 8. The second-order valence-corrected chi connectivity index (χ2v) is 10.3. The molecule has 1 aromatic carbocycles. The molecule has 0 radical (unpaired) electrons. The lowest BCUT2D eigenvalue weighted by Gasteiger charge is -2.28. The molecule has 0 spiro atoms. The van der Waals surface area contributed by atoms with E-state index in [1.54, 1.807) is 13.0 Å². The molecule has 11 heteroatoms. The predicted octanol–water partition coefficient (Wildman–Crippen LogP) is 5.80. The van der Waals surface area contributed by atoms with Gasteiger partial charge in [0.1, 0.15) is 17.5 Å². The molecule has 5 aromatic rings. The van der Waals surface area contributed by atoms with Crippen LogP contribution in [0.3, 0.4) is 0 Å². The number of aromatic nitrogens is 7. The van der Waals surface area contributed by atoms with E-state index in [0.29, 0.717) is 71.0 Å². The zero-order chi connectivity index (χ0) is 26.7. The third-order valence-corrected chi connectivity index (χ3v) is 7.40. The number of fused-ring (bicyclic) bond motifs is 1. The van der Waals surface area contributed by atoms with Gasteiger partial charge in [-0.15, -0.1) is 0 Å². The molecule has 7 rings (SSSR count). The molecule has 0 bridgehead atoms. The number of ether oxygens (including phenoxy) is 1. The Morgan fingerprint density at radius 3 is 2.62 bits per heavy atom. The second kappa shape index (κ2) is 9.26. The minimum Gasteiger partial charge on any atom is -0.373 e. The molecule has 0 unspecified atom stereocenters. The molecule has 0 amide bonds. The SMILES string of the molecule is Cc1noc(-c2cc3c(-c4ccc(F)cc4F)nc([C@H]4CCO[C@@H](c5cnn(C6CC6)c5)C4)nc3nc2C)n1. The largest absolute Gasteiger partial charge is 0.373 e. The lowest BCUT2D eigenvalue weighted by molar-refractivity contribution is 0.00396. The molecule has 2 atom stereocenters. The van der Waals surface area contributed by atoms with Crippen LogP contribution in [0.2, 0.25) is 0 Å². The molecule has 9 nitrogen and oxygen atoms in total. The normalized spacial score (nSPS) is 19.6. The van der Waals surface area contributed by atoms with Crippen LogP contribution in [0.5, 0.6) is 0 Å². The van der Waals surface area contributed by atoms with E-state index in [1.165, 1.54) is 12.1 Å². The van der Waals surface area contributed by atoms with Gasteiger partial charge in [0.2, 0.25) is 0 Å². The third kappa shape index (κ3) is 4.46. The zero-order valence-electron chi connectivity index (χ0n) is 21.4. The average molecular weight is 530 g/mol. The lowest BCUT2D eigenvalue weighted by Crippen LogP contribution is -2.20. The molecule has 39 heavy (non-hydrogen) atoms. The molecule has 1 saturated heterocycles. The maximum Gasteiger partial charge on any atom is 0.259 e. The first-order valence-electron chi connectivity index (χ1n) is 13.0. The summed E-state index contributed by atoms with van der Waals surface area (Å²) in [5, 5.41) is 8.90. The molecule has 4 aromatic heterocycles. The summed E-state index contributed by atoms with van der Waals surface area (Å²) in [6.07, 6.45) is 7.48. The van der Waals surface area contributed by atoms with Gasteiger partial charge in [0, 0.05) is 41.3 Å². The van der Waals surface area contributed by atoms with Crippen LogP contribution in [0.15, 0.2) is 41.2 Å². The molecule has 2 fully saturated rings. The number of aryl methyl sites for hydroxylation is 2. The van der Waals surface area contributed by atoms with Crippen molar-refractivity contribution in [3.05, 3.63) is 71.2 Å². The highest BCUT2D eigenvalue weighted by Crippen LogP contribution is 2.40. The van der Waals surface area contributed by atoms with Gasteiger partial charge in [-0.3, -0.25) is 4.68 Å². The van der Waals surface area contributed by atoms with E-state index in [-0.39, 0.29) is 17.6 Å². The van der Waals surface area contributed by atoms with E-state index in [1.807, 2.05) is 17.8 Å². The summed E-state index contributed by atoms with van der Waals surface area (Å²) in [6.45, 7) is 4.09. The number of benzene rings is 1. The van der Waals surface area contributed by atoms with Crippen LogP contribution in [0.25, 0.3) is 33.7 Å². The summed E-state index contributed by atoms with van der Waals surface area (Å²) >= 11 is 0. The molecule has 5 heterocycles. The molecular weight excluding hydrogens is 504 g/mol. The van der Waals surface area contributed by atoms with Crippen LogP contribution in [0, 0.1) is 25.5 Å².